The number of halogens is 3. The summed E-state index contributed by atoms with van der Waals surface area (Å²) in [6.45, 7) is 1.71. The molecule has 0 spiro atoms. The van der Waals surface area contributed by atoms with E-state index in [0.29, 0.717) is 27.7 Å². The number of benzene rings is 3. The van der Waals surface area contributed by atoms with Crippen molar-refractivity contribution in [3.8, 4) is 5.69 Å². The molecule has 1 aromatic heterocycles. The van der Waals surface area contributed by atoms with Crippen molar-refractivity contribution in [2.45, 2.75) is 11.8 Å². The van der Waals surface area contributed by atoms with Crippen LogP contribution in [0.4, 0.5) is 10.1 Å². The average Bonchev–Trinajstić information content (AvgIpc) is 3.14. The van der Waals surface area contributed by atoms with Crippen molar-refractivity contribution in [3.05, 3.63) is 106 Å². The van der Waals surface area contributed by atoms with Gasteiger partial charge in [-0.05, 0) is 73.7 Å². The second kappa shape index (κ2) is 10.5. The van der Waals surface area contributed by atoms with Crippen molar-refractivity contribution in [2.24, 2.45) is 5.10 Å². The van der Waals surface area contributed by atoms with Gasteiger partial charge in [0, 0.05) is 16.3 Å². The van der Waals surface area contributed by atoms with Crippen LogP contribution in [-0.2, 0) is 10.0 Å². The first-order chi connectivity index (χ1) is 17.1. The van der Waals surface area contributed by atoms with Crippen molar-refractivity contribution in [1.82, 2.24) is 15.2 Å². The first-order valence-electron chi connectivity index (χ1n) is 10.4. The highest BCUT2D eigenvalue weighted by atomic mass is 35.5. The normalized spacial score (nSPS) is 11.6. The summed E-state index contributed by atoms with van der Waals surface area (Å²) in [5.41, 5.74) is 4.29. The maximum atomic E-state index is 13.2. The van der Waals surface area contributed by atoms with Crippen molar-refractivity contribution < 1.29 is 17.6 Å². The first-order valence-corrected chi connectivity index (χ1v) is 12.6. The van der Waals surface area contributed by atoms with E-state index in [4.69, 9.17) is 23.2 Å². The minimum atomic E-state index is -3.95. The summed E-state index contributed by atoms with van der Waals surface area (Å²) < 4.78 is 42.5. The van der Waals surface area contributed by atoms with Gasteiger partial charge in [-0.1, -0.05) is 29.3 Å². The Hall–Kier alpha value is -3.73. The number of sulfonamides is 1. The van der Waals surface area contributed by atoms with Gasteiger partial charge in [-0.3, -0.25) is 9.52 Å². The van der Waals surface area contributed by atoms with Gasteiger partial charge in [0.25, 0.3) is 15.9 Å². The standard InChI is InChI=1S/C24H18Cl2FN5O3S/c1-15-22(23(26)32(30-15)20-11-7-18(27)8-12-20)14-28-29-24(33)16-3-2-4-21(13-16)36(34,35)31-19-9-5-17(25)6-10-19/h2-14,31H,1H3,(H,29,33)/b28-14-. The van der Waals surface area contributed by atoms with Gasteiger partial charge >= 0.3 is 0 Å². The lowest BCUT2D eigenvalue weighted by Gasteiger charge is -2.09. The molecular formula is C24H18Cl2FN5O3S. The van der Waals surface area contributed by atoms with Crippen LogP contribution in [-0.4, -0.2) is 30.3 Å². The minimum absolute atomic E-state index is 0.0796. The number of hydrazone groups is 1. The molecule has 3 aromatic carbocycles. The number of nitrogens with one attached hydrogen (secondary N) is 2. The summed E-state index contributed by atoms with van der Waals surface area (Å²) in [5.74, 6) is -1.02. The number of hydrogen-bond donors (Lipinski definition) is 2. The molecule has 0 aliphatic rings. The quantitative estimate of drug-likeness (QED) is 0.246. The second-order valence-corrected chi connectivity index (χ2v) is 9.99. The highest BCUT2D eigenvalue weighted by molar-refractivity contribution is 7.92. The van der Waals surface area contributed by atoms with E-state index < -0.39 is 15.9 Å². The van der Waals surface area contributed by atoms with E-state index in [9.17, 15) is 17.6 Å². The molecule has 4 rings (SSSR count). The van der Waals surface area contributed by atoms with Gasteiger partial charge in [-0.15, -0.1) is 0 Å². The van der Waals surface area contributed by atoms with Crippen LogP contribution in [0.3, 0.4) is 0 Å². The molecule has 12 heteroatoms. The van der Waals surface area contributed by atoms with Gasteiger partial charge in [0.05, 0.1) is 28.1 Å². The second-order valence-electron chi connectivity index (χ2n) is 7.52. The molecule has 0 bridgehead atoms. The summed E-state index contributed by atoms with van der Waals surface area (Å²) in [5, 5.41) is 8.94. The molecule has 8 nitrogen and oxygen atoms in total. The Labute approximate surface area is 216 Å². The van der Waals surface area contributed by atoms with E-state index in [0.717, 1.165) is 0 Å². The third kappa shape index (κ3) is 5.73. The summed E-state index contributed by atoms with van der Waals surface area (Å²) in [6.07, 6.45) is 1.32. The van der Waals surface area contributed by atoms with Crippen molar-refractivity contribution >= 4 is 51.0 Å². The average molecular weight is 546 g/mol. The first kappa shape index (κ1) is 25.4. The Bertz CT molecular complexity index is 1550. The van der Waals surface area contributed by atoms with Crippen molar-refractivity contribution in [3.63, 3.8) is 0 Å². The fourth-order valence-corrected chi connectivity index (χ4v) is 4.72. The van der Waals surface area contributed by atoms with Crippen LogP contribution in [0.15, 0.2) is 82.8 Å². The molecule has 1 amide bonds. The molecule has 0 aliphatic heterocycles. The lowest BCUT2D eigenvalue weighted by Crippen LogP contribution is -2.19. The summed E-state index contributed by atoms with van der Waals surface area (Å²) in [4.78, 5) is 12.5. The van der Waals surface area contributed by atoms with Gasteiger partial charge in [-0.2, -0.15) is 10.2 Å². The zero-order chi connectivity index (χ0) is 25.9. The van der Waals surface area contributed by atoms with Gasteiger partial charge in [0.1, 0.15) is 11.0 Å². The summed E-state index contributed by atoms with van der Waals surface area (Å²) in [6, 6.07) is 17.3. The number of rotatable bonds is 7. The van der Waals surface area contributed by atoms with E-state index >= 15 is 0 Å². The third-order valence-electron chi connectivity index (χ3n) is 4.98. The predicted octanol–water partition coefficient (Wildman–Crippen LogP) is 5.19. The number of nitrogens with zero attached hydrogens (tertiary/aromatic N) is 3. The Balaban J connectivity index is 1.48. The third-order valence-corrected chi connectivity index (χ3v) is 6.98. The Kier molecular flexibility index (Phi) is 7.39. The van der Waals surface area contributed by atoms with E-state index in [1.807, 2.05) is 0 Å². The lowest BCUT2D eigenvalue weighted by atomic mass is 10.2. The largest absolute Gasteiger partial charge is 0.280 e. The van der Waals surface area contributed by atoms with Crippen LogP contribution in [0, 0.1) is 12.7 Å². The van der Waals surface area contributed by atoms with E-state index in [2.05, 4.69) is 20.3 Å². The number of carbonyl (C=O) groups excluding carboxylic acids is 1. The van der Waals surface area contributed by atoms with Crippen LogP contribution < -0.4 is 10.1 Å². The topological polar surface area (TPSA) is 105 Å². The molecule has 0 fully saturated rings. The molecule has 4 aromatic rings. The Morgan fingerprint density at radius 1 is 1.06 bits per heavy atom. The zero-order valence-corrected chi connectivity index (χ0v) is 20.9. The number of carbonyl (C=O) groups is 1. The highest BCUT2D eigenvalue weighted by Crippen LogP contribution is 2.22. The number of amides is 1. The van der Waals surface area contributed by atoms with Gasteiger partial charge in [-0.25, -0.2) is 22.9 Å². The number of anilines is 1. The van der Waals surface area contributed by atoms with Crippen LogP contribution in [0.2, 0.25) is 10.2 Å². The Morgan fingerprint density at radius 2 is 1.75 bits per heavy atom. The van der Waals surface area contributed by atoms with Gasteiger partial charge in [0.2, 0.25) is 0 Å². The van der Waals surface area contributed by atoms with E-state index in [1.54, 1.807) is 19.1 Å². The number of aromatic nitrogens is 2. The molecule has 0 atom stereocenters. The van der Waals surface area contributed by atoms with E-state index in [1.165, 1.54) is 71.6 Å². The molecule has 0 unspecified atom stereocenters. The summed E-state index contributed by atoms with van der Waals surface area (Å²) in [7, 11) is -3.95. The predicted molar refractivity (Wildman–Crippen MR) is 137 cm³/mol. The monoisotopic (exact) mass is 545 g/mol. The minimum Gasteiger partial charge on any atom is -0.280 e. The highest BCUT2D eigenvalue weighted by Gasteiger charge is 2.17. The SMILES string of the molecule is Cc1nn(-c2ccc(F)cc2)c(Cl)c1/C=N\NC(=O)c1cccc(S(=O)(=O)Nc2ccc(Cl)cc2)c1. The lowest BCUT2D eigenvalue weighted by molar-refractivity contribution is 0.0955. The smallest absolute Gasteiger partial charge is 0.271 e. The number of hydrogen-bond acceptors (Lipinski definition) is 5. The molecule has 36 heavy (non-hydrogen) atoms. The maximum absolute atomic E-state index is 13.2. The van der Waals surface area contributed by atoms with E-state index in [-0.39, 0.29) is 21.4 Å². The number of aryl methyl sites for hydroxylation is 1. The maximum Gasteiger partial charge on any atom is 0.271 e. The molecule has 0 radical (unpaired) electrons. The van der Waals surface area contributed by atoms with Gasteiger partial charge in [0.15, 0.2) is 0 Å². The zero-order valence-electron chi connectivity index (χ0n) is 18.6. The molecular weight excluding hydrogens is 528 g/mol. The van der Waals surface area contributed by atoms with Crippen LogP contribution in [0.25, 0.3) is 5.69 Å². The Morgan fingerprint density at radius 3 is 2.44 bits per heavy atom. The van der Waals surface area contributed by atoms with Crippen LogP contribution >= 0.6 is 23.2 Å². The van der Waals surface area contributed by atoms with Gasteiger partial charge < -0.3 is 0 Å². The molecule has 0 saturated heterocycles. The van der Waals surface area contributed by atoms with Crippen molar-refractivity contribution in [1.29, 1.82) is 0 Å². The van der Waals surface area contributed by atoms with Crippen LogP contribution in [0.5, 0.6) is 0 Å². The fourth-order valence-electron chi connectivity index (χ4n) is 3.17. The molecule has 184 valence electrons. The molecule has 0 saturated carbocycles. The molecule has 2 N–H and O–H groups in total. The van der Waals surface area contributed by atoms with Crippen molar-refractivity contribution in [2.75, 3.05) is 4.72 Å². The fraction of sp³-hybridized carbons (Fsp3) is 0.0417. The van der Waals surface area contributed by atoms with Crippen LogP contribution in [0.1, 0.15) is 21.6 Å². The molecule has 0 aliphatic carbocycles. The summed E-state index contributed by atoms with van der Waals surface area (Å²) >= 11 is 12.2. The molecule has 1 heterocycles.